The van der Waals surface area contributed by atoms with E-state index in [1.54, 1.807) is 19.1 Å². The summed E-state index contributed by atoms with van der Waals surface area (Å²) < 4.78 is 45.3. The van der Waals surface area contributed by atoms with Crippen LogP contribution in [0.5, 0.6) is 5.88 Å². The molecule has 1 aromatic heterocycles. The van der Waals surface area contributed by atoms with Gasteiger partial charge < -0.3 is 9.64 Å². The van der Waals surface area contributed by atoms with Crippen LogP contribution in [0.4, 0.5) is 13.2 Å². The van der Waals surface area contributed by atoms with E-state index < -0.39 is 17.7 Å². The van der Waals surface area contributed by atoms with Crippen LogP contribution < -0.4 is 4.74 Å². The van der Waals surface area contributed by atoms with Gasteiger partial charge in [-0.05, 0) is 18.6 Å². The Hall–Kier alpha value is -2.29. The van der Waals surface area contributed by atoms with Crippen LogP contribution >= 0.6 is 11.8 Å². The average molecular weight is 397 g/mol. The van der Waals surface area contributed by atoms with Crippen LogP contribution in [-0.2, 0) is 6.42 Å². The third kappa shape index (κ3) is 4.52. The molecule has 1 saturated heterocycles. The lowest BCUT2D eigenvalue weighted by molar-refractivity contribution is 0.0766. The summed E-state index contributed by atoms with van der Waals surface area (Å²) in [6.07, 6.45) is 1.74. The molecule has 0 spiro atoms. The second kappa shape index (κ2) is 8.60. The van der Waals surface area contributed by atoms with Crippen molar-refractivity contribution in [2.75, 3.05) is 13.1 Å². The Morgan fingerprint density at radius 3 is 2.89 bits per heavy atom. The second-order valence-electron chi connectivity index (χ2n) is 5.95. The molecule has 144 valence electrons. The Labute approximate surface area is 158 Å². The van der Waals surface area contributed by atoms with Gasteiger partial charge in [0.15, 0.2) is 0 Å². The number of aromatic nitrogens is 2. The quantitative estimate of drug-likeness (QED) is 0.695. The highest BCUT2D eigenvalue weighted by atomic mass is 32.2. The molecular formula is C18H18F3N3O2S. The van der Waals surface area contributed by atoms with Crippen molar-refractivity contribution in [3.05, 3.63) is 47.7 Å². The fourth-order valence-corrected chi connectivity index (χ4v) is 3.53. The molecule has 0 saturated carbocycles. The summed E-state index contributed by atoms with van der Waals surface area (Å²) in [4.78, 5) is 22.2. The number of amides is 1. The van der Waals surface area contributed by atoms with Crippen molar-refractivity contribution in [2.24, 2.45) is 0 Å². The van der Waals surface area contributed by atoms with E-state index in [-0.39, 0.29) is 34.5 Å². The minimum atomic E-state index is -2.61. The van der Waals surface area contributed by atoms with Crippen molar-refractivity contribution in [2.45, 2.75) is 36.5 Å². The van der Waals surface area contributed by atoms with Crippen molar-refractivity contribution in [3.8, 4) is 5.88 Å². The highest BCUT2D eigenvalue weighted by Gasteiger charge is 2.30. The van der Waals surface area contributed by atoms with E-state index in [0.29, 0.717) is 31.1 Å². The monoisotopic (exact) mass is 397 g/mol. The Morgan fingerprint density at radius 1 is 1.37 bits per heavy atom. The number of thioether (sulfide) groups is 1. The average Bonchev–Trinajstić information content (AvgIpc) is 3.11. The highest BCUT2D eigenvalue weighted by Crippen LogP contribution is 2.30. The molecule has 27 heavy (non-hydrogen) atoms. The van der Waals surface area contributed by atoms with Gasteiger partial charge in [-0.15, -0.1) is 0 Å². The predicted octanol–water partition coefficient (Wildman–Crippen LogP) is 3.79. The first kappa shape index (κ1) is 19.5. The highest BCUT2D eigenvalue weighted by molar-refractivity contribution is 7.99. The second-order valence-corrected chi connectivity index (χ2v) is 6.98. The zero-order valence-electron chi connectivity index (χ0n) is 14.6. The van der Waals surface area contributed by atoms with Crippen LogP contribution in [0.2, 0.25) is 0 Å². The van der Waals surface area contributed by atoms with Gasteiger partial charge in [0.1, 0.15) is 12.4 Å². The van der Waals surface area contributed by atoms with E-state index in [4.69, 9.17) is 4.74 Å². The van der Waals surface area contributed by atoms with E-state index in [0.717, 1.165) is 0 Å². The molecule has 2 aromatic rings. The van der Waals surface area contributed by atoms with Crippen LogP contribution in [0.25, 0.3) is 0 Å². The Kier molecular flexibility index (Phi) is 6.20. The van der Waals surface area contributed by atoms with Crippen molar-refractivity contribution in [1.82, 2.24) is 14.9 Å². The summed E-state index contributed by atoms with van der Waals surface area (Å²) in [6.45, 7) is 2.40. The van der Waals surface area contributed by atoms with Gasteiger partial charge in [0.05, 0.1) is 17.8 Å². The molecule has 1 aliphatic rings. The fraction of sp³-hybridized carbons (Fsp3) is 0.389. The third-order valence-electron chi connectivity index (χ3n) is 4.21. The van der Waals surface area contributed by atoms with Crippen LogP contribution in [0.3, 0.4) is 0 Å². The minimum absolute atomic E-state index is 0.130. The maximum absolute atomic E-state index is 14.2. The molecule has 1 atom stereocenters. The summed E-state index contributed by atoms with van der Waals surface area (Å²) in [5.41, 5.74) is 0.494. The maximum Gasteiger partial charge on any atom is 0.288 e. The van der Waals surface area contributed by atoms with Gasteiger partial charge in [-0.1, -0.05) is 30.8 Å². The summed E-state index contributed by atoms with van der Waals surface area (Å²) in [5.74, 6) is -3.68. The number of hydrogen-bond donors (Lipinski definition) is 0. The van der Waals surface area contributed by atoms with Crippen LogP contribution in [0, 0.1) is 5.82 Å². The normalized spacial score (nSPS) is 16.8. The lowest BCUT2D eigenvalue weighted by Crippen LogP contribution is -2.31. The first-order chi connectivity index (χ1) is 13.0. The van der Waals surface area contributed by atoms with E-state index in [2.05, 4.69) is 9.97 Å². The van der Waals surface area contributed by atoms with Crippen LogP contribution in [0.1, 0.15) is 29.4 Å². The number of carbonyl (C=O) groups excluding carboxylic acids is 1. The molecule has 9 heteroatoms. The minimum Gasteiger partial charge on any atom is -0.470 e. The SMILES string of the molecule is CCc1ncnc(O[C@@H]2CCN(C(=O)c3ccccc3SC(F)F)C2)c1F. The van der Waals surface area contributed by atoms with Gasteiger partial charge in [0.25, 0.3) is 17.5 Å². The van der Waals surface area contributed by atoms with E-state index >= 15 is 0 Å². The number of hydrogen-bond acceptors (Lipinski definition) is 5. The lowest BCUT2D eigenvalue weighted by atomic mass is 10.2. The molecule has 0 N–H and O–H groups in total. The van der Waals surface area contributed by atoms with Crippen molar-refractivity contribution in [1.29, 1.82) is 0 Å². The van der Waals surface area contributed by atoms with Crippen molar-refractivity contribution >= 4 is 17.7 Å². The van der Waals surface area contributed by atoms with Crippen molar-refractivity contribution in [3.63, 3.8) is 0 Å². The standard InChI is InChI=1S/C18H18F3N3O2S/c1-2-13-15(19)16(23-10-22-13)26-11-7-8-24(9-11)17(25)12-5-3-4-6-14(12)27-18(20)21/h3-6,10-11,18H,2,7-9H2,1H3/t11-/m1/s1. The topological polar surface area (TPSA) is 55.3 Å². The fourth-order valence-electron chi connectivity index (χ4n) is 2.90. The van der Waals surface area contributed by atoms with Gasteiger partial charge >= 0.3 is 0 Å². The maximum atomic E-state index is 14.2. The van der Waals surface area contributed by atoms with Gasteiger partial charge in [0.2, 0.25) is 5.82 Å². The molecule has 3 rings (SSSR count). The largest absolute Gasteiger partial charge is 0.470 e. The number of halogens is 3. The number of ether oxygens (including phenoxy) is 1. The molecule has 0 radical (unpaired) electrons. The molecule has 1 aliphatic heterocycles. The van der Waals surface area contributed by atoms with Gasteiger partial charge in [-0.2, -0.15) is 18.2 Å². The lowest BCUT2D eigenvalue weighted by Gasteiger charge is -2.18. The van der Waals surface area contributed by atoms with Crippen molar-refractivity contribution < 1.29 is 22.7 Å². The smallest absolute Gasteiger partial charge is 0.288 e. The molecule has 1 amide bonds. The first-order valence-electron chi connectivity index (χ1n) is 8.48. The van der Waals surface area contributed by atoms with E-state index in [1.165, 1.54) is 23.4 Å². The molecule has 0 unspecified atom stereocenters. The number of carbonyl (C=O) groups is 1. The van der Waals surface area contributed by atoms with E-state index in [9.17, 15) is 18.0 Å². The van der Waals surface area contributed by atoms with Crippen LogP contribution in [0.15, 0.2) is 35.5 Å². The molecular weight excluding hydrogens is 379 g/mol. The number of nitrogens with zero attached hydrogens (tertiary/aromatic N) is 3. The Morgan fingerprint density at radius 2 is 2.15 bits per heavy atom. The molecule has 1 aromatic carbocycles. The number of alkyl halides is 2. The summed E-state index contributed by atoms with van der Waals surface area (Å²) in [6, 6.07) is 6.27. The Bertz CT molecular complexity index is 822. The molecule has 1 fully saturated rings. The first-order valence-corrected chi connectivity index (χ1v) is 9.36. The van der Waals surface area contributed by atoms with Crippen LogP contribution in [-0.4, -0.2) is 45.7 Å². The molecule has 0 bridgehead atoms. The third-order valence-corrected chi connectivity index (χ3v) is 5.00. The number of benzene rings is 1. The zero-order chi connectivity index (χ0) is 19.4. The number of likely N-dealkylation sites (tertiary alicyclic amines) is 1. The predicted molar refractivity (Wildman–Crippen MR) is 94.6 cm³/mol. The Balaban J connectivity index is 1.69. The summed E-state index contributed by atoms with van der Waals surface area (Å²) >= 11 is 0.343. The molecule has 5 nitrogen and oxygen atoms in total. The summed E-state index contributed by atoms with van der Waals surface area (Å²) in [5, 5.41) is 0. The number of rotatable bonds is 6. The van der Waals surface area contributed by atoms with E-state index in [1.807, 2.05) is 0 Å². The zero-order valence-corrected chi connectivity index (χ0v) is 15.4. The molecule has 2 heterocycles. The summed E-state index contributed by atoms with van der Waals surface area (Å²) in [7, 11) is 0. The van der Waals surface area contributed by atoms with Gasteiger partial charge in [-0.25, -0.2) is 4.98 Å². The molecule has 0 aliphatic carbocycles. The van der Waals surface area contributed by atoms with Gasteiger partial charge in [0, 0.05) is 17.9 Å². The number of aryl methyl sites for hydroxylation is 1. The van der Waals surface area contributed by atoms with Gasteiger partial charge in [-0.3, -0.25) is 4.79 Å².